The van der Waals surface area contributed by atoms with Gasteiger partial charge in [-0.15, -0.1) is 0 Å². The number of hydrogen-bond acceptors (Lipinski definition) is 0. The maximum atomic E-state index is 2.91. The quantitative estimate of drug-likeness (QED) is 0.226. The van der Waals surface area contributed by atoms with Gasteiger partial charge < -0.3 is 0 Å². The Balaban J connectivity index is 1.25. The van der Waals surface area contributed by atoms with Crippen molar-refractivity contribution in [1.82, 2.24) is 0 Å². The molecule has 10 fully saturated rings. The van der Waals surface area contributed by atoms with E-state index in [2.05, 4.69) is 103 Å². The van der Waals surface area contributed by atoms with E-state index in [-0.39, 0.29) is 15.8 Å². The van der Waals surface area contributed by atoms with Crippen LogP contribution < -0.4 is 0 Å². The van der Waals surface area contributed by atoms with Crippen molar-refractivity contribution in [1.29, 1.82) is 0 Å². The predicted molar refractivity (Wildman–Crippen MR) is 160 cm³/mol. The summed E-state index contributed by atoms with van der Waals surface area (Å²) >= 11 is 0. The summed E-state index contributed by atoms with van der Waals surface area (Å²) in [6, 6.07) is 0. The van der Waals surface area contributed by atoms with Crippen molar-refractivity contribution in [2.24, 2.45) is 0 Å². The molecule has 10 aliphatic heterocycles. The summed E-state index contributed by atoms with van der Waals surface area (Å²) in [6.45, 7) is 36.8. The van der Waals surface area contributed by atoms with E-state index in [0.29, 0.717) is 20.6 Å². The molecule has 8 unspecified atom stereocenters. The van der Waals surface area contributed by atoms with Crippen LogP contribution in [0.1, 0.15) is 83.1 Å². The number of fused-ring (bicyclic) bond motifs is 10. The first-order valence-corrected chi connectivity index (χ1v) is 27.7. The second-order valence-corrected chi connectivity index (χ2v) is 58.9. The summed E-state index contributed by atoms with van der Waals surface area (Å²) in [6.07, 6.45) is 3.51. The summed E-state index contributed by atoms with van der Waals surface area (Å²) in [5.74, 6) is 0. The first kappa shape index (κ1) is 22.3. The van der Waals surface area contributed by atoms with Crippen molar-refractivity contribution < 1.29 is 6.51 Å². The second-order valence-electron chi connectivity index (χ2n) is 22.2. The van der Waals surface area contributed by atoms with Crippen molar-refractivity contribution in [2.75, 3.05) is 12.3 Å². The van der Waals surface area contributed by atoms with Crippen LogP contribution in [0.15, 0.2) is 0 Å². The molecule has 0 radical (unpaired) electrons. The molecular formula is C31H56FeP2Si. The molecule has 35 heavy (non-hydrogen) atoms. The molecule has 8 atom stereocenters. The van der Waals surface area contributed by atoms with Crippen molar-refractivity contribution in [3.63, 3.8) is 0 Å². The van der Waals surface area contributed by atoms with E-state index in [1.165, 1.54) is 33.7 Å². The second kappa shape index (κ2) is 2.79. The van der Waals surface area contributed by atoms with Gasteiger partial charge in [-0.1, -0.05) is 0 Å². The van der Waals surface area contributed by atoms with Crippen LogP contribution in [-0.4, -0.2) is 41.0 Å². The molecule has 0 saturated carbocycles. The van der Waals surface area contributed by atoms with Crippen molar-refractivity contribution in [3.05, 3.63) is 0 Å². The minimum atomic E-state index is -3.67. The Morgan fingerprint density at radius 1 is 0.543 bits per heavy atom. The monoisotopic (exact) mass is 574 g/mol. The molecule has 4 heteroatoms. The number of rotatable bonds is 5. The average Bonchev–Trinajstić information content (AvgIpc) is 3.53. The van der Waals surface area contributed by atoms with E-state index < -0.39 is 14.6 Å². The third kappa shape index (κ3) is 0.496. The third-order valence-corrected chi connectivity index (χ3v) is 83.1. The van der Waals surface area contributed by atoms with E-state index in [4.69, 9.17) is 0 Å². The summed E-state index contributed by atoms with van der Waals surface area (Å²) in [5.41, 5.74) is 0. The van der Waals surface area contributed by atoms with E-state index in [1.807, 2.05) is 0 Å². The van der Waals surface area contributed by atoms with E-state index in [0.717, 1.165) is 12.6 Å². The fraction of sp³-hybridized carbons (Fsp3) is 1.00. The Morgan fingerprint density at radius 3 is 1.03 bits per heavy atom. The van der Waals surface area contributed by atoms with Crippen LogP contribution >= 0.6 is 15.8 Å². The molecule has 0 aromatic carbocycles. The van der Waals surface area contributed by atoms with Crippen LogP contribution in [0.25, 0.3) is 0 Å². The first-order valence-electron chi connectivity index (χ1n) is 15.0. The van der Waals surface area contributed by atoms with Crippen molar-refractivity contribution in [2.45, 2.75) is 170 Å². The third-order valence-electron chi connectivity index (χ3n) is 20.8. The maximum absolute atomic E-state index is 3.67. The SMILES string of the molecule is CC(C)(C)P(C[C]12[CH]3[CH]4[CH]5[C]1(CP(C(C)(C)C)C(C)(C)C)[Fe]43521678[CH]2[CH]1[CH]6[C]7([Si](C)(C)C)[CH]28)C(C)(C)C. The molecule has 0 bridgehead atoms. The molecule has 10 heterocycles. The molecule has 0 amide bonds. The fourth-order valence-corrected chi connectivity index (χ4v) is 144. The molecule has 10 saturated heterocycles. The standard InChI is InChI=1S/C23H43P2.C8H13Si.Fe/c1-20(2,3)24(21(4,5)6)16-18-14-13-15-19(18)17-25(22(7,8)9)23(10,11)12;1-9(2,3)8-6-4-5-7-8;/h13-15H,16-17H2,1-12H3;4-7H,1-3H3;. The molecule has 1 spiro atoms. The molecule has 0 aromatic heterocycles. The Hall–Kier alpha value is 1.60. The first-order chi connectivity index (χ1) is 15.3. The molecule has 10 rings (SSSR count). The normalized spacial score (nSPS) is 71.3. The Labute approximate surface area is 211 Å². The van der Waals surface area contributed by atoms with Crippen molar-refractivity contribution >= 4 is 23.9 Å². The van der Waals surface area contributed by atoms with Crippen LogP contribution in [0.3, 0.4) is 0 Å². The van der Waals surface area contributed by atoms with Gasteiger partial charge in [0.25, 0.3) is 0 Å². The Bertz CT molecular complexity index is 1490. The van der Waals surface area contributed by atoms with Crippen LogP contribution in [0.2, 0.25) is 65.9 Å². The van der Waals surface area contributed by atoms with Gasteiger partial charge in [-0.25, -0.2) is 0 Å². The van der Waals surface area contributed by atoms with Crippen LogP contribution in [0.4, 0.5) is 0 Å². The summed E-state index contributed by atoms with van der Waals surface area (Å²) in [4.78, 5) is 9.94. The van der Waals surface area contributed by atoms with Gasteiger partial charge in [-0.2, -0.15) is 0 Å². The topological polar surface area (TPSA) is 0 Å². The van der Waals surface area contributed by atoms with Gasteiger partial charge in [0, 0.05) is 0 Å². The molecular weight excluding hydrogens is 518 g/mol. The van der Waals surface area contributed by atoms with Gasteiger partial charge in [0.1, 0.15) is 0 Å². The predicted octanol–water partition coefficient (Wildman–Crippen LogP) is 11.5. The molecule has 0 aliphatic carbocycles. The summed E-state index contributed by atoms with van der Waals surface area (Å²) < 4.78 is 3.07. The summed E-state index contributed by atoms with van der Waals surface area (Å²) in [7, 11) is -1.09. The molecule has 10 aliphatic rings. The van der Waals surface area contributed by atoms with E-state index in [1.54, 1.807) is 12.3 Å². The van der Waals surface area contributed by atoms with Crippen LogP contribution in [0, 0.1) is 0 Å². The van der Waals surface area contributed by atoms with Gasteiger partial charge in [-0.3, -0.25) is 0 Å². The Morgan fingerprint density at radius 2 is 0.857 bits per heavy atom. The minimum absolute atomic E-state index is 0.0376. The van der Waals surface area contributed by atoms with E-state index >= 15 is 0 Å². The fourth-order valence-electron chi connectivity index (χ4n) is 24.2. The van der Waals surface area contributed by atoms with Gasteiger partial charge >= 0.3 is 212 Å². The molecule has 202 valence electrons. The molecule has 0 nitrogen and oxygen atoms in total. The average molecular weight is 575 g/mol. The summed E-state index contributed by atoms with van der Waals surface area (Å²) in [5, 5.41) is 2.00. The van der Waals surface area contributed by atoms with Crippen LogP contribution in [-0.2, 0) is 6.51 Å². The van der Waals surface area contributed by atoms with Crippen molar-refractivity contribution in [3.8, 4) is 0 Å². The van der Waals surface area contributed by atoms with Gasteiger partial charge in [-0.05, 0) is 0 Å². The zero-order valence-electron chi connectivity index (χ0n) is 25.7. The van der Waals surface area contributed by atoms with Crippen LogP contribution in [0.5, 0.6) is 0 Å². The molecule has 0 aromatic rings. The van der Waals surface area contributed by atoms with Gasteiger partial charge in [0.2, 0.25) is 0 Å². The Kier molecular flexibility index (Phi) is 1.78. The molecule has 0 N–H and O–H groups in total. The zero-order valence-corrected chi connectivity index (χ0v) is 29.6. The van der Waals surface area contributed by atoms with Gasteiger partial charge in [0.15, 0.2) is 0 Å². The zero-order chi connectivity index (χ0) is 25.9. The van der Waals surface area contributed by atoms with E-state index in [9.17, 15) is 0 Å². The number of hydrogen-bond donors (Lipinski definition) is 0. The van der Waals surface area contributed by atoms with Gasteiger partial charge in [0.05, 0.1) is 0 Å².